The van der Waals surface area contributed by atoms with Gasteiger partial charge in [-0.2, -0.15) is 8.78 Å². The zero-order valence-electron chi connectivity index (χ0n) is 7.47. The van der Waals surface area contributed by atoms with E-state index in [0.29, 0.717) is 6.92 Å². The van der Waals surface area contributed by atoms with Crippen LogP contribution in [-0.2, 0) is 0 Å². The summed E-state index contributed by atoms with van der Waals surface area (Å²) >= 11 is 0. The number of hydrogen-bond donors (Lipinski definition) is 1. The van der Waals surface area contributed by atoms with E-state index in [1.54, 1.807) is 19.2 Å². The van der Waals surface area contributed by atoms with Gasteiger partial charge in [-0.25, -0.2) is 0 Å². The Morgan fingerprint density at radius 3 is 2.15 bits per heavy atom. The molecule has 0 saturated carbocycles. The molecule has 0 heterocycles. The first-order chi connectivity index (χ1) is 6.01. The summed E-state index contributed by atoms with van der Waals surface area (Å²) < 4.78 is 29.0. The number of benzene rings is 1. The van der Waals surface area contributed by atoms with Crippen molar-refractivity contribution in [1.29, 1.82) is 0 Å². The SMILES string of the molecule is CNc1ccc(OC(C)(F)F)cc1. The second-order valence-electron chi connectivity index (χ2n) is 2.68. The zero-order valence-corrected chi connectivity index (χ0v) is 7.47. The van der Waals surface area contributed by atoms with Gasteiger partial charge in [0.25, 0.3) is 0 Å². The van der Waals surface area contributed by atoms with Crippen LogP contribution in [0, 0.1) is 0 Å². The number of rotatable bonds is 3. The highest BCUT2D eigenvalue weighted by molar-refractivity contribution is 5.45. The van der Waals surface area contributed by atoms with Gasteiger partial charge in [0, 0.05) is 19.7 Å². The molecule has 0 bridgehead atoms. The van der Waals surface area contributed by atoms with Gasteiger partial charge in [0.05, 0.1) is 0 Å². The lowest BCUT2D eigenvalue weighted by Gasteiger charge is -2.12. The second kappa shape index (κ2) is 3.60. The monoisotopic (exact) mass is 187 g/mol. The molecule has 1 rings (SSSR count). The molecule has 72 valence electrons. The fraction of sp³-hybridized carbons (Fsp3) is 0.333. The molecule has 1 aromatic rings. The molecule has 1 aromatic carbocycles. The van der Waals surface area contributed by atoms with Crippen LogP contribution < -0.4 is 10.1 Å². The molecule has 0 amide bonds. The summed E-state index contributed by atoms with van der Waals surface area (Å²) in [7, 11) is 1.75. The van der Waals surface area contributed by atoms with Crippen molar-refractivity contribution in [2.24, 2.45) is 0 Å². The molecule has 0 atom stereocenters. The Bertz CT molecular complexity index is 266. The lowest BCUT2D eigenvalue weighted by Crippen LogP contribution is -2.18. The third kappa shape index (κ3) is 3.27. The van der Waals surface area contributed by atoms with E-state index in [1.165, 1.54) is 12.1 Å². The van der Waals surface area contributed by atoms with Crippen LogP contribution >= 0.6 is 0 Å². The summed E-state index contributed by atoms with van der Waals surface area (Å²) in [6.45, 7) is 0.707. The fourth-order valence-corrected chi connectivity index (χ4v) is 0.897. The predicted molar refractivity (Wildman–Crippen MR) is 47.2 cm³/mol. The smallest absolute Gasteiger partial charge is 0.394 e. The number of hydrogen-bond acceptors (Lipinski definition) is 2. The molecule has 0 spiro atoms. The summed E-state index contributed by atoms with van der Waals surface area (Å²) in [6, 6.07) is 6.31. The van der Waals surface area contributed by atoms with E-state index in [0.717, 1.165) is 5.69 Å². The molecule has 0 fully saturated rings. The van der Waals surface area contributed by atoms with Crippen molar-refractivity contribution < 1.29 is 13.5 Å². The van der Waals surface area contributed by atoms with Crippen LogP contribution in [0.25, 0.3) is 0 Å². The molecule has 0 aromatic heterocycles. The quantitative estimate of drug-likeness (QED) is 0.785. The summed E-state index contributed by atoms with van der Waals surface area (Å²) in [4.78, 5) is 0. The van der Waals surface area contributed by atoms with Gasteiger partial charge in [0.15, 0.2) is 0 Å². The Hall–Kier alpha value is -1.32. The minimum atomic E-state index is -3.12. The van der Waals surface area contributed by atoms with Crippen LogP contribution in [0.1, 0.15) is 6.92 Å². The van der Waals surface area contributed by atoms with E-state index in [4.69, 9.17) is 0 Å². The maximum Gasteiger partial charge on any atom is 0.394 e. The maximum atomic E-state index is 12.4. The third-order valence-corrected chi connectivity index (χ3v) is 1.44. The van der Waals surface area contributed by atoms with Crippen molar-refractivity contribution in [3.05, 3.63) is 24.3 Å². The third-order valence-electron chi connectivity index (χ3n) is 1.44. The number of halogens is 2. The first-order valence-electron chi connectivity index (χ1n) is 3.86. The van der Waals surface area contributed by atoms with E-state index in [2.05, 4.69) is 10.1 Å². The first-order valence-corrected chi connectivity index (χ1v) is 3.86. The van der Waals surface area contributed by atoms with Crippen molar-refractivity contribution in [2.45, 2.75) is 13.0 Å². The van der Waals surface area contributed by atoms with Gasteiger partial charge >= 0.3 is 6.11 Å². The molecule has 0 unspecified atom stereocenters. The van der Waals surface area contributed by atoms with Crippen LogP contribution in [0.2, 0.25) is 0 Å². The van der Waals surface area contributed by atoms with E-state index in [-0.39, 0.29) is 5.75 Å². The maximum absolute atomic E-state index is 12.4. The first kappa shape index (κ1) is 9.77. The van der Waals surface area contributed by atoms with Crippen molar-refractivity contribution >= 4 is 5.69 Å². The summed E-state index contributed by atoms with van der Waals surface area (Å²) in [6.07, 6.45) is -3.12. The Morgan fingerprint density at radius 2 is 1.77 bits per heavy atom. The van der Waals surface area contributed by atoms with Gasteiger partial charge in [0.2, 0.25) is 0 Å². The Kier molecular flexibility index (Phi) is 2.70. The summed E-state index contributed by atoms with van der Waals surface area (Å²) in [5, 5.41) is 2.87. The molecule has 1 N–H and O–H groups in total. The van der Waals surface area contributed by atoms with Crippen molar-refractivity contribution in [1.82, 2.24) is 0 Å². The zero-order chi connectivity index (χ0) is 9.90. The van der Waals surface area contributed by atoms with Crippen molar-refractivity contribution in [3.63, 3.8) is 0 Å². The van der Waals surface area contributed by atoms with Gasteiger partial charge in [-0.1, -0.05) is 0 Å². The van der Waals surface area contributed by atoms with Crippen LogP contribution in [-0.4, -0.2) is 13.2 Å². The molecule has 0 aliphatic carbocycles. The standard InChI is InChI=1S/C9H11F2NO/c1-9(10,11)13-8-5-3-7(12-2)4-6-8/h3-6,12H,1-2H3. The minimum absolute atomic E-state index is 0.159. The predicted octanol–water partition coefficient (Wildman–Crippen LogP) is 2.72. The molecule has 2 nitrogen and oxygen atoms in total. The topological polar surface area (TPSA) is 21.3 Å². The summed E-state index contributed by atoms with van der Waals surface area (Å²) in [5.74, 6) is 0.159. The molecule has 0 radical (unpaired) electrons. The molecule has 4 heteroatoms. The minimum Gasteiger partial charge on any atom is -0.433 e. The van der Waals surface area contributed by atoms with Crippen molar-refractivity contribution in [2.75, 3.05) is 12.4 Å². The van der Waals surface area contributed by atoms with E-state index in [1.807, 2.05) is 0 Å². The second-order valence-corrected chi connectivity index (χ2v) is 2.68. The van der Waals surface area contributed by atoms with Gasteiger partial charge in [-0.3, -0.25) is 0 Å². The van der Waals surface area contributed by atoms with Crippen LogP contribution in [0.15, 0.2) is 24.3 Å². The molecule has 0 saturated heterocycles. The molecule has 0 aliphatic rings. The summed E-state index contributed by atoms with van der Waals surface area (Å²) in [5.41, 5.74) is 0.853. The highest BCUT2D eigenvalue weighted by Crippen LogP contribution is 2.22. The van der Waals surface area contributed by atoms with Gasteiger partial charge in [0.1, 0.15) is 5.75 Å². The average molecular weight is 187 g/mol. The van der Waals surface area contributed by atoms with E-state index < -0.39 is 6.11 Å². The Labute approximate surface area is 75.5 Å². The Morgan fingerprint density at radius 1 is 1.23 bits per heavy atom. The van der Waals surface area contributed by atoms with E-state index >= 15 is 0 Å². The lowest BCUT2D eigenvalue weighted by molar-refractivity contribution is -0.158. The Balaban J connectivity index is 2.70. The number of ether oxygens (including phenoxy) is 1. The van der Waals surface area contributed by atoms with E-state index in [9.17, 15) is 8.78 Å². The number of nitrogens with one attached hydrogen (secondary N) is 1. The molecular formula is C9H11F2NO. The van der Waals surface area contributed by atoms with Gasteiger partial charge < -0.3 is 10.1 Å². The largest absolute Gasteiger partial charge is 0.433 e. The molecule has 13 heavy (non-hydrogen) atoms. The van der Waals surface area contributed by atoms with Gasteiger partial charge in [-0.15, -0.1) is 0 Å². The number of anilines is 1. The van der Waals surface area contributed by atoms with Gasteiger partial charge in [-0.05, 0) is 24.3 Å². The number of alkyl halides is 2. The van der Waals surface area contributed by atoms with Crippen LogP contribution in [0.4, 0.5) is 14.5 Å². The molecular weight excluding hydrogens is 176 g/mol. The highest BCUT2D eigenvalue weighted by atomic mass is 19.3. The van der Waals surface area contributed by atoms with Crippen molar-refractivity contribution in [3.8, 4) is 5.75 Å². The lowest BCUT2D eigenvalue weighted by atomic mass is 10.3. The molecule has 0 aliphatic heterocycles. The normalized spacial score (nSPS) is 11.1. The van der Waals surface area contributed by atoms with Crippen LogP contribution in [0.3, 0.4) is 0 Å². The fourth-order valence-electron chi connectivity index (χ4n) is 0.897. The highest BCUT2D eigenvalue weighted by Gasteiger charge is 2.22. The average Bonchev–Trinajstić information content (AvgIpc) is 2.03. The van der Waals surface area contributed by atoms with Crippen LogP contribution in [0.5, 0.6) is 5.75 Å².